The minimum Gasteiger partial charge on any atom is -0.453 e. The smallest absolute Gasteiger partial charge is 0.384 e. The van der Waals surface area contributed by atoms with Gasteiger partial charge in [-0.3, -0.25) is 0 Å². The van der Waals surface area contributed by atoms with Crippen LogP contribution in [0.1, 0.15) is 39.5 Å². The van der Waals surface area contributed by atoms with Crippen LogP contribution in [0, 0.1) is 12.3 Å². The van der Waals surface area contributed by atoms with Crippen molar-refractivity contribution in [1.29, 1.82) is 0 Å². The Morgan fingerprint density at radius 2 is 2.25 bits per heavy atom. The van der Waals surface area contributed by atoms with Crippen LogP contribution >= 0.6 is 0 Å². The maximum absolute atomic E-state index is 10.6. The molecule has 0 amide bonds. The van der Waals surface area contributed by atoms with E-state index in [1.807, 2.05) is 12.8 Å². The maximum Gasteiger partial charge on any atom is 0.384 e. The molecule has 0 aromatic carbocycles. The van der Waals surface area contributed by atoms with Gasteiger partial charge in [0.15, 0.2) is 0 Å². The summed E-state index contributed by atoms with van der Waals surface area (Å²) >= 11 is 0. The van der Waals surface area contributed by atoms with Crippen molar-refractivity contribution in [3.63, 3.8) is 0 Å². The molecule has 0 N–H and O–H groups in total. The Bertz CT molecular complexity index is 167. The van der Waals surface area contributed by atoms with Gasteiger partial charge in [-0.2, -0.15) is 0 Å². The Kier molecular flexibility index (Phi) is 6.18. The van der Waals surface area contributed by atoms with Crippen molar-refractivity contribution in [2.45, 2.75) is 45.6 Å². The molecule has 0 heterocycles. The van der Waals surface area contributed by atoms with Gasteiger partial charge in [0.1, 0.15) is 6.10 Å². The van der Waals surface area contributed by atoms with E-state index in [9.17, 15) is 4.79 Å². The SMILES string of the molecule is C#CC(=O)OC(C)CCCCC. The lowest BCUT2D eigenvalue weighted by molar-refractivity contribution is -0.141. The standard InChI is InChI=1S/C10H16O2/c1-4-6-7-8-9(3)12-10(11)5-2/h2,9H,4,6-8H2,1,3H3. The summed E-state index contributed by atoms with van der Waals surface area (Å²) in [4.78, 5) is 10.6. The molecular formula is C10H16O2. The number of hydrogen-bond acceptors (Lipinski definition) is 2. The van der Waals surface area contributed by atoms with Gasteiger partial charge in [0.2, 0.25) is 0 Å². The first kappa shape index (κ1) is 11.0. The van der Waals surface area contributed by atoms with E-state index < -0.39 is 5.97 Å². The number of carbonyl (C=O) groups excluding carboxylic acids is 1. The molecule has 0 rings (SSSR count). The van der Waals surface area contributed by atoms with Crippen LogP contribution in [-0.4, -0.2) is 12.1 Å². The van der Waals surface area contributed by atoms with E-state index in [0.29, 0.717) is 0 Å². The monoisotopic (exact) mass is 168 g/mol. The van der Waals surface area contributed by atoms with Crippen molar-refractivity contribution in [3.05, 3.63) is 0 Å². The average molecular weight is 168 g/mol. The van der Waals surface area contributed by atoms with Crippen LogP contribution in [0.3, 0.4) is 0 Å². The van der Waals surface area contributed by atoms with Crippen molar-refractivity contribution in [3.8, 4) is 12.3 Å². The molecule has 1 atom stereocenters. The molecule has 0 saturated heterocycles. The minimum absolute atomic E-state index is 0.0416. The number of unbranched alkanes of at least 4 members (excludes halogenated alkanes) is 2. The Balaban J connectivity index is 3.40. The fourth-order valence-electron chi connectivity index (χ4n) is 0.957. The highest BCUT2D eigenvalue weighted by atomic mass is 16.5. The lowest BCUT2D eigenvalue weighted by atomic mass is 10.1. The predicted octanol–water partition coefficient (Wildman–Crippen LogP) is 2.13. The summed E-state index contributed by atoms with van der Waals surface area (Å²) in [5, 5.41) is 0. The Hall–Kier alpha value is -0.970. The van der Waals surface area contributed by atoms with Gasteiger partial charge >= 0.3 is 5.97 Å². The lowest BCUT2D eigenvalue weighted by Crippen LogP contribution is -2.12. The molecule has 2 nitrogen and oxygen atoms in total. The van der Waals surface area contributed by atoms with Crippen molar-refractivity contribution in [2.24, 2.45) is 0 Å². The summed E-state index contributed by atoms with van der Waals surface area (Å²) in [7, 11) is 0. The topological polar surface area (TPSA) is 26.3 Å². The normalized spacial score (nSPS) is 11.8. The van der Waals surface area contributed by atoms with Gasteiger partial charge in [-0.15, -0.1) is 6.42 Å². The molecule has 0 aliphatic carbocycles. The second kappa shape index (κ2) is 6.72. The van der Waals surface area contributed by atoms with Crippen LogP contribution in [0.15, 0.2) is 0 Å². The molecule has 0 aromatic rings. The van der Waals surface area contributed by atoms with Crippen LogP contribution in [0.4, 0.5) is 0 Å². The summed E-state index contributed by atoms with van der Waals surface area (Å²) in [6.45, 7) is 4.00. The van der Waals surface area contributed by atoms with Crippen molar-refractivity contribution < 1.29 is 9.53 Å². The van der Waals surface area contributed by atoms with Gasteiger partial charge in [-0.1, -0.05) is 19.8 Å². The van der Waals surface area contributed by atoms with Crippen LogP contribution < -0.4 is 0 Å². The molecule has 2 heteroatoms. The van der Waals surface area contributed by atoms with Gasteiger partial charge in [0.25, 0.3) is 0 Å². The lowest BCUT2D eigenvalue weighted by Gasteiger charge is -2.09. The summed E-state index contributed by atoms with van der Waals surface area (Å²) in [6, 6.07) is 0. The number of hydrogen-bond donors (Lipinski definition) is 0. The highest BCUT2D eigenvalue weighted by Crippen LogP contribution is 2.05. The zero-order valence-electron chi connectivity index (χ0n) is 7.80. The van der Waals surface area contributed by atoms with Gasteiger partial charge in [0.05, 0.1) is 0 Å². The minimum atomic E-state index is -0.556. The van der Waals surface area contributed by atoms with Crippen LogP contribution in [0.2, 0.25) is 0 Å². The number of carbonyl (C=O) groups is 1. The Morgan fingerprint density at radius 1 is 1.58 bits per heavy atom. The third-order valence-electron chi connectivity index (χ3n) is 1.64. The zero-order chi connectivity index (χ0) is 9.40. The molecule has 0 aliphatic heterocycles. The number of ether oxygens (including phenoxy) is 1. The third kappa shape index (κ3) is 5.79. The van der Waals surface area contributed by atoms with E-state index in [1.165, 1.54) is 12.8 Å². The van der Waals surface area contributed by atoms with Gasteiger partial charge in [0, 0.05) is 5.92 Å². The number of terminal acetylenes is 1. The van der Waals surface area contributed by atoms with Gasteiger partial charge < -0.3 is 4.74 Å². The molecule has 0 aliphatic rings. The highest BCUT2D eigenvalue weighted by Gasteiger charge is 2.05. The molecule has 0 aromatic heterocycles. The van der Waals surface area contributed by atoms with Crippen LogP contribution in [0.25, 0.3) is 0 Å². The maximum atomic E-state index is 10.6. The second-order valence-corrected chi connectivity index (χ2v) is 2.86. The quantitative estimate of drug-likeness (QED) is 0.272. The summed E-state index contributed by atoms with van der Waals surface area (Å²) in [5.74, 6) is 1.37. The molecule has 0 fully saturated rings. The van der Waals surface area contributed by atoms with Crippen molar-refractivity contribution in [2.75, 3.05) is 0 Å². The summed E-state index contributed by atoms with van der Waals surface area (Å²) < 4.78 is 4.87. The first-order chi connectivity index (χ1) is 5.70. The Labute approximate surface area is 74.3 Å². The highest BCUT2D eigenvalue weighted by molar-refractivity contribution is 5.87. The predicted molar refractivity (Wildman–Crippen MR) is 48.5 cm³/mol. The fraction of sp³-hybridized carbons (Fsp3) is 0.700. The summed E-state index contributed by atoms with van der Waals surface area (Å²) in [6.07, 6.45) is 9.16. The molecule has 0 saturated carbocycles. The average Bonchev–Trinajstić information content (AvgIpc) is 2.05. The molecule has 0 bridgehead atoms. The van der Waals surface area contributed by atoms with Gasteiger partial charge in [-0.05, 0) is 19.8 Å². The largest absolute Gasteiger partial charge is 0.453 e. The van der Waals surface area contributed by atoms with Crippen LogP contribution in [-0.2, 0) is 9.53 Å². The second-order valence-electron chi connectivity index (χ2n) is 2.86. The van der Waals surface area contributed by atoms with E-state index in [2.05, 4.69) is 6.92 Å². The first-order valence-corrected chi connectivity index (χ1v) is 4.38. The molecule has 0 radical (unpaired) electrons. The molecule has 68 valence electrons. The molecular weight excluding hydrogens is 152 g/mol. The zero-order valence-corrected chi connectivity index (χ0v) is 7.80. The summed E-state index contributed by atoms with van der Waals surface area (Å²) in [5.41, 5.74) is 0. The third-order valence-corrected chi connectivity index (χ3v) is 1.64. The van der Waals surface area contributed by atoms with Crippen molar-refractivity contribution >= 4 is 5.97 Å². The Morgan fingerprint density at radius 3 is 2.75 bits per heavy atom. The van der Waals surface area contributed by atoms with E-state index in [1.54, 1.807) is 0 Å². The first-order valence-electron chi connectivity index (χ1n) is 4.38. The van der Waals surface area contributed by atoms with E-state index in [4.69, 9.17) is 11.2 Å². The van der Waals surface area contributed by atoms with Crippen molar-refractivity contribution in [1.82, 2.24) is 0 Å². The number of esters is 1. The molecule has 12 heavy (non-hydrogen) atoms. The van der Waals surface area contributed by atoms with Gasteiger partial charge in [-0.25, -0.2) is 4.79 Å². The molecule has 1 unspecified atom stereocenters. The number of rotatable bonds is 5. The van der Waals surface area contributed by atoms with E-state index in [0.717, 1.165) is 12.8 Å². The van der Waals surface area contributed by atoms with E-state index in [-0.39, 0.29) is 6.10 Å². The fourth-order valence-corrected chi connectivity index (χ4v) is 0.957. The van der Waals surface area contributed by atoms with Crippen LogP contribution in [0.5, 0.6) is 0 Å². The molecule has 0 spiro atoms. The van der Waals surface area contributed by atoms with E-state index >= 15 is 0 Å².